The van der Waals surface area contributed by atoms with Gasteiger partial charge in [0.05, 0.1) is 13.3 Å². The average Bonchev–Trinajstić information content (AvgIpc) is 2.64. The van der Waals surface area contributed by atoms with E-state index >= 15 is 0 Å². The van der Waals surface area contributed by atoms with Gasteiger partial charge in [-0.3, -0.25) is 0 Å². The Bertz CT molecular complexity index is 717. The number of anilines is 2. The summed E-state index contributed by atoms with van der Waals surface area (Å²) in [6, 6.07) is 6.59. The Morgan fingerprint density at radius 2 is 1.96 bits per heavy atom. The predicted molar refractivity (Wildman–Crippen MR) is 90.1 cm³/mol. The highest BCUT2D eigenvalue weighted by molar-refractivity contribution is 5.80. The molecule has 0 bridgehead atoms. The number of ether oxygens (including phenoxy) is 1. The smallest absolute Gasteiger partial charge is 0.322 e. The van der Waals surface area contributed by atoms with Crippen molar-refractivity contribution in [1.29, 1.82) is 0 Å². The highest BCUT2D eigenvalue weighted by Crippen LogP contribution is 2.19. The molecule has 1 saturated heterocycles. The molecule has 1 N–H and O–H groups in total. The molecule has 2 heterocycles. The number of methoxy groups -OCH3 is 1. The van der Waals surface area contributed by atoms with Gasteiger partial charge in [-0.2, -0.15) is 20.1 Å². The number of rotatable bonds is 5. The first kappa shape index (κ1) is 16.1. The minimum atomic E-state index is -0.342. The average molecular weight is 330 g/mol. The molecule has 8 heteroatoms. The molecule has 0 atom stereocenters. The monoisotopic (exact) mass is 330 g/mol. The lowest BCUT2D eigenvalue weighted by Gasteiger charge is -2.26. The van der Waals surface area contributed by atoms with Crippen molar-refractivity contribution in [2.24, 2.45) is 5.10 Å². The second-order valence-electron chi connectivity index (χ2n) is 5.38. The first-order chi connectivity index (χ1) is 11.8. The van der Waals surface area contributed by atoms with Gasteiger partial charge in [-0.1, -0.05) is 18.2 Å². The fourth-order valence-corrected chi connectivity index (χ4v) is 2.46. The normalized spacial score (nSPS) is 14.8. The lowest BCUT2D eigenvalue weighted by Crippen LogP contribution is -2.31. The fourth-order valence-electron chi connectivity index (χ4n) is 2.46. The van der Waals surface area contributed by atoms with Gasteiger partial charge in [0.25, 0.3) is 5.95 Å². The maximum Gasteiger partial charge on any atom is 0.322 e. The Hall–Kier alpha value is -2.77. The number of piperidine rings is 1. The third-order valence-electron chi connectivity index (χ3n) is 3.70. The summed E-state index contributed by atoms with van der Waals surface area (Å²) < 4.78 is 18.7. The first-order valence-corrected chi connectivity index (χ1v) is 7.85. The van der Waals surface area contributed by atoms with Gasteiger partial charge >= 0.3 is 6.01 Å². The molecule has 1 aromatic heterocycles. The Morgan fingerprint density at radius 3 is 2.71 bits per heavy atom. The van der Waals surface area contributed by atoms with E-state index in [1.54, 1.807) is 18.2 Å². The number of benzene rings is 1. The van der Waals surface area contributed by atoms with Crippen LogP contribution in [0.2, 0.25) is 0 Å². The van der Waals surface area contributed by atoms with Gasteiger partial charge in [-0.15, -0.1) is 0 Å². The number of hydrogen-bond acceptors (Lipinski definition) is 7. The molecular formula is C16H19FN6O. The third kappa shape index (κ3) is 3.95. The quantitative estimate of drug-likeness (QED) is 0.670. The van der Waals surface area contributed by atoms with Gasteiger partial charge < -0.3 is 9.64 Å². The summed E-state index contributed by atoms with van der Waals surface area (Å²) in [5.74, 6) is 0.477. The molecule has 0 saturated carbocycles. The largest absolute Gasteiger partial charge is 0.467 e. The topological polar surface area (TPSA) is 75.5 Å². The summed E-state index contributed by atoms with van der Waals surface area (Å²) in [7, 11) is 1.50. The number of halogens is 1. The van der Waals surface area contributed by atoms with E-state index in [2.05, 4.69) is 30.4 Å². The Morgan fingerprint density at radius 1 is 1.17 bits per heavy atom. The van der Waals surface area contributed by atoms with Crippen molar-refractivity contribution in [2.45, 2.75) is 19.3 Å². The van der Waals surface area contributed by atoms with Crippen LogP contribution >= 0.6 is 0 Å². The fraction of sp³-hybridized carbons (Fsp3) is 0.375. The van der Waals surface area contributed by atoms with Crippen LogP contribution in [0.5, 0.6) is 6.01 Å². The lowest BCUT2D eigenvalue weighted by molar-refractivity contribution is 0.378. The van der Waals surface area contributed by atoms with E-state index in [0.717, 1.165) is 25.9 Å². The minimum absolute atomic E-state index is 0.217. The van der Waals surface area contributed by atoms with Crippen LogP contribution in [-0.2, 0) is 0 Å². The minimum Gasteiger partial charge on any atom is -0.467 e. The lowest BCUT2D eigenvalue weighted by atomic mass is 10.1. The predicted octanol–water partition coefficient (Wildman–Crippen LogP) is 2.46. The molecule has 1 fully saturated rings. The Balaban J connectivity index is 1.76. The van der Waals surface area contributed by atoms with Crippen LogP contribution in [-0.4, -0.2) is 41.4 Å². The van der Waals surface area contributed by atoms with Crippen LogP contribution in [0.25, 0.3) is 0 Å². The van der Waals surface area contributed by atoms with Crippen LogP contribution < -0.4 is 15.1 Å². The molecule has 1 aliphatic rings. The Kier molecular flexibility index (Phi) is 5.15. The summed E-state index contributed by atoms with van der Waals surface area (Å²) in [4.78, 5) is 14.9. The maximum atomic E-state index is 13.6. The summed E-state index contributed by atoms with van der Waals surface area (Å²) in [6.45, 7) is 1.82. The van der Waals surface area contributed by atoms with Crippen molar-refractivity contribution < 1.29 is 9.13 Å². The van der Waals surface area contributed by atoms with Gasteiger partial charge in [0.2, 0.25) is 5.95 Å². The molecule has 2 aromatic rings. The van der Waals surface area contributed by atoms with Gasteiger partial charge in [0.1, 0.15) is 5.82 Å². The van der Waals surface area contributed by atoms with E-state index in [0.29, 0.717) is 11.5 Å². The molecule has 7 nitrogen and oxygen atoms in total. The summed E-state index contributed by atoms with van der Waals surface area (Å²) >= 11 is 0. The molecule has 24 heavy (non-hydrogen) atoms. The second-order valence-corrected chi connectivity index (χ2v) is 5.38. The van der Waals surface area contributed by atoms with Crippen LogP contribution in [0.4, 0.5) is 16.3 Å². The highest BCUT2D eigenvalue weighted by atomic mass is 19.1. The van der Waals surface area contributed by atoms with Gasteiger partial charge in [-0.25, -0.2) is 9.82 Å². The number of nitrogens with one attached hydrogen (secondary N) is 1. The maximum absolute atomic E-state index is 13.6. The van der Waals surface area contributed by atoms with Crippen molar-refractivity contribution in [3.63, 3.8) is 0 Å². The van der Waals surface area contributed by atoms with E-state index in [-0.39, 0.29) is 17.8 Å². The molecule has 0 radical (unpaired) electrons. The summed E-state index contributed by atoms with van der Waals surface area (Å²) in [5.41, 5.74) is 3.09. The number of hydrogen-bond donors (Lipinski definition) is 1. The molecule has 1 aliphatic heterocycles. The van der Waals surface area contributed by atoms with Crippen LogP contribution in [0.15, 0.2) is 29.4 Å². The molecular weight excluding hydrogens is 311 g/mol. The first-order valence-electron chi connectivity index (χ1n) is 7.85. The van der Waals surface area contributed by atoms with E-state index in [1.807, 2.05) is 0 Å². The van der Waals surface area contributed by atoms with Gasteiger partial charge in [0, 0.05) is 18.7 Å². The van der Waals surface area contributed by atoms with E-state index < -0.39 is 0 Å². The standard InChI is InChI=1S/C16H19FN6O/c1-24-16-20-14(19-15(21-16)23-9-5-2-6-10-23)22-18-11-12-7-3-4-8-13(12)17/h3-4,7-8,11H,2,5-6,9-10H2,1H3,(H,19,20,21,22)/b18-11+. The second kappa shape index (κ2) is 7.67. The molecule has 126 valence electrons. The molecule has 3 rings (SSSR count). The van der Waals surface area contributed by atoms with Crippen molar-refractivity contribution in [1.82, 2.24) is 15.0 Å². The van der Waals surface area contributed by atoms with Crippen LogP contribution in [0.1, 0.15) is 24.8 Å². The number of nitrogens with zero attached hydrogens (tertiary/aromatic N) is 5. The van der Waals surface area contributed by atoms with Crippen molar-refractivity contribution in [3.8, 4) is 6.01 Å². The highest BCUT2D eigenvalue weighted by Gasteiger charge is 2.16. The zero-order valence-corrected chi connectivity index (χ0v) is 13.4. The summed E-state index contributed by atoms with van der Waals surface area (Å²) in [6.07, 6.45) is 4.83. The molecule has 0 aliphatic carbocycles. The van der Waals surface area contributed by atoms with E-state index in [1.165, 1.54) is 25.8 Å². The van der Waals surface area contributed by atoms with Crippen molar-refractivity contribution in [2.75, 3.05) is 30.5 Å². The molecule has 0 amide bonds. The van der Waals surface area contributed by atoms with E-state index in [9.17, 15) is 4.39 Å². The molecule has 0 spiro atoms. The summed E-state index contributed by atoms with van der Waals surface area (Å²) in [5, 5.41) is 3.99. The van der Waals surface area contributed by atoms with Gasteiger partial charge in [0.15, 0.2) is 0 Å². The zero-order valence-electron chi connectivity index (χ0n) is 13.4. The van der Waals surface area contributed by atoms with Gasteiger partial charge in [-0.05, 0) is 25.3 Å². The number of hydrazone groups is 1. The van der Waals surface area contributed by atoms with Crippen molar-refractivity contribution >= 4 is 18.1 Å². The zero-order chi connectivity index (χ0) is 16.8. The number of aromatic nitrogens is 3. The Labute approximate surface area is 139 Å². The SMILES string of the molecule is COc1nc(N/N=C/c2ccccc2F)nc(N2CCCCC2)n1. The third-order valence-corrected chi connectivity index (χ3v) is 3.70. The van der Waals surface area contributed by atoms with Crippen molar-refractivity contribution in [3.05, 3.63) is 35.6 Å². The van der Waals surface area contributed by atoms with Crippen LogP contribution in [0, 0.1) is 5.82 Å². The van der Waals surface area contributed by atoms with E-state index in [4.69, 9.17) is 4.74 Å². The van der Waals surface area contributed by atoms with Crippen LogP contribution in [0.3, 0.4) is 0 Å². The molecule has 1 aromatic carbocycles. The molecule has 0 unspecified atom stereocenters.